The lowest BCUT2D eigenvalue weighted by Crippen LogP contribution is -2.53. The van der Waals surface area contributed by atoms with Crippen LogP contribution in [-0.4, -0.2) is 41.6 Å². The van der Waals surface area contributed by atoms with E-state index < -0.39 is 5.66 Å². The predicted octanol–water partition coefficient (Wildman–Crippen LogP) is 2.96. The Morgan fingerprint density at radius 2 is 1.77 bits per heavy atom. The van der Waals surface area contributed by atoms with Crippen molar-refractivity contribution in [1.82, 2.24) is 5.06 Å². The highest BCUT2D eigenvalue weighted by Crippen LogP contribution is 2.20. The zero-order valence-electron chi connectivity index (χ0n) is 17.7. The van der Waals surface area contributed by atoms with Gasteiger partial charge < -0.3 is 16.2 Å². The quantitative estimate of drug-likeness (QED) is 0.365. The van der Waals surface area contributed by atoms with Gasteiger partial charge >= 0.3 is 0 Å². The zero-order valence-corrected chi connectivity index (χ0v) is 17.7. The molecule has 8 heteroatoms. The second-order valence-corrected chi connectivity index (χ2v) is 7.40. The second-order valence-electron chi connectivity index (χ2n) is 7.40. The summed E-state index contributed by atoms with van der Waals surface area (Å²) in [7, 11) is 0. The normalized spacial score (nSPS) is 15.5. The van der Waals surface area contributed by atoms with Gasteiger partial charge in [0.1, 0.15) is 5.75 Å². The van der Waals surface area contributed by atoms with Crippen molar-refractivity contribution in [1.29, 1.82) is 0 Å². The summed E-state index contributed by atoms with van der Waals surface area (Å²) >= 11 is 0. The summed E-state index contributed by atoms with van der Waals surface area (Å²) in [5.41, 5.74) is 12.4. The van der Waals surface area contributed by atoms with Crippen LogP contribution >= 0.6 is 0 Å². The van der Waals surface area contributed by atoms with Crippen molar-refractivity contribution in [2.75, 3.05) is 13.2 Å². The fourth-order valence-corrected chi connectivity index (χ4v) is 2.97. The molecule has 31 heavy (non-hydrogen) atoms. The monoisotopic (exact) mass is 421 g/mol. The molecule has 3 rings (SSSR count). The number of ether oxygens (including phenoxy) is 1. The number of hydrogen-bond acceptors (Lipinski definition) is 8. The molecule has 0 amide bonds. The van der Waals surface area contributed by atoms with Crippen molar-refractivity contribution in [3.8, 4) is 5.75 Å². The van der Waals surface area contributed by atoms with Crippen LogP contribution in [0.2, 0.25) is 0 Å². The highest BCUT2D eigenvalue weighted by Gasteiger charge is 2.32. The Hall–Kier alpha value is -3.65. The van der Waals surface area contributed by atoms with Gasteiger partial charge in [-0.15, -0.1) is 0 Å². The molecule has 2 aromatic carbocycles. The number of aliphatic imine (C=N–C) groups is 2. The number of nitrogens with zero attached hydrogens (tertiary/aromatic N) is 3. The van der Waals surface area contributed by atoms with Crippen molar-refractivity contribution in [2.45, 2.75) is 25.9 Å². The molecule has 0 fully saturated rings. The van der Waals surface area contributed by atoms with Crippen LogP contribution in [0.4, 0.5) is 0 Å². The Balaban J connectivity index is 1.41. The Labute approximate surface area is 181 Å². The maximum atomic E-state index is 12.1. The van der Waals surface area contributed by atoms with E-state index in [9.17, 15) is 4.79 Å². The van der Waals surface area contributed by atoms with E-state index in [1.54, 1.807) is 24.3 Å². The van der Waals surface area contributed by atoms with Gasteiger partial charge in [0.15, 0.2) is 11.4 Å². The van der Waals surface area contributed by atoms with E-state index in [1.165, 1.54) is 5.06 Å². The third-order valence-electron chi connectivity index (χ3n) is 4.47. The van der Waals surface area contributed by atoms with Crippen molar-refractivity contribution < 1.29 is 14.4 Å². The molecule has 4 N–H and O–H groups in total. The number of nitrogens with two attached hydrogens (primary N) is 2. The summed E-state index contributed by atoms with van der Waals surface area (Å²) < 4.78 is 5.74. The molecule has 0 radical (unpaired) electrons. The molecule has 0 atom stereocenters. The molecule has 0 saturated carbocycles. The third-order valence-corrected chi connectivity index (χ3v) is 4.47. The van der Waals surface area contributed by atoms with Crippen LogP contribution in [0.1, 0.15) is 36.2 Å². The number of rotatable bonds is 9. The summed E-state index contributed by atoms with van der Waals surface area (Å²) in [5.74, 6) is 1.02. The zero-order chi connectivity index (χ0) is 22.3. The number of hydroxylamine groups is 2. The number of carbonyl (C=O) groups excluding carboxylic acids is 1. The minimum absolute atomic E-state index is 0.0307. The molecule has 0 spiro atoms. The average Bonchev–Trinajstić information content (AvgIpc) is 2.74. The molecular formula is C23H27N5O3. The van der Waals surface area contributed by atoms with Crippen molar-refractivity contribution in [2.24, 2.45) is 21.5 Å². The molecule has 0 aliphatic carbocycles. The average molecular weight is 422 g/mol. The first-order chi connectivity index (χ1) is 14.8. The van der Waals surface area contributed by atoms with E-state index >= 15 is 0 Å². The topological polar surface area (TPSA) is 116 Å². The molecular weight excluding hydrogens is 394 g/mol. The molecule has 0 aromatic heterocycles. The molecule has 1 aliphatic rings. The first kappa shape index (κ1) is 22.0. The molecule has 0 bridgehead atoms. The Morgan fingerprint density at radius 1 is 1.06 bits per heavy atom. The maximum Gasteiger partial charge on any atom is 0.226 e. The largest absolute Gasteiger partial charge is 0.494 e. The van der Waals surface area contributed by atoms with E-state index in [1.807, 2.05) is 56.3 Å². The van der Waals surface area contributed by atoms with Crippen LogP contribution in [0.5, 0.6) is 5.75 Å². The van der Waals surface area contributed by atoms with Crippen LogP contribution in [0.15, 0.2) is 70.7 Å². The number of ketones is 1. The summed E-state index contributed by atoms with van der Waals surface area (Å²) in [4.78, 5) is 26.0. The molecule has 1 heterocycles. The first-order valence-corrected chi connectivity index (χ1v) is 9.98. The number of carbonyl (C=O) groups is 1. The summed E-state index contributed by atoms with van der Waals surface area (Å²) in [6.07, 6.45) is 4.00. The lowest BCUT2D eigenvalue weighted by Gasteiger charge is -2.36. The SMILES string of the molecule is CC1(C)N=C(N)N=C(N)N1OCCCOc1ccc(C=CC(=O)c2ccccc2)cc1. The summed E-state index contributed by atoms with van der Waals surface area (Å²) in [5, 5.41) is 1.45. The van der Waals surface area contributed by atoms with Crippen LogP contribution in [0.3, 0.4) is 0 Å². The lowest BCUT2D eigenvalue weighted by atomic mass is 10.1. The smallest absolute Gasteiger partial charge is 0.226 e. The fourth-order valence-electron chi connectivity index (χ4n) is 2.97. The van der Waals surface area contributed by atoms with Gasteiger partial charge in [-0.25, -0.2) is 4.99 Å². The number of allylic oxidation sites excluding steroid dienone is 1. The molecule has 8 nitrogen and oxygen atoms in total. The first-order valence-electron chi connectivity index (χ1n) is 9.98. The van der Waals surface area contributed by atoms with Gasteiger partial charge in [0, 0.05) is 12.0 Å². The van der Waals surface area contributed by atoms with Gasteiger partial charge in [-0.2, -0.15) is 10.1 Å². The highest BCUT2D eigenvalue weighted by atomic mass is 16.7. The van der Waals surface area contributed by atoms with Gasteiger partial charge in [-0.1, -0.05) is 48.5 Å². The van der Waals surface area contributed by atoms with E-state index in [2.05, 4.69) is 9.98 Å². The third kappa shape index (κ3) is 6.16. The highest BCUT2D eigenvalue weighted by molar-refractivity contribution is 6.06. The fraction of sp³-hybridized carbons (Fsp3) is 0.261. The van der Waals surface area contributed by atoms with Crippen molar-refractivity contribution in [3.05, 3.63) is 71.8 Å². The summed E-state index contributed by atoms with van der Waals surface area (Å²) in [6, 6.07) is 16.7. The van der Waals surface area contributed by atoms with Crippen LogP contribution in [-0.2, 0) is 4.84 Å². The van der Waals surface area contributed by atoms with Gasteiger partial charge in [0.05, 0.1) is 13.2 Å². The van der Waals surface area contributed by atoms with Gasteiger partial charge in [-0.05, 0) is 37.6 Å². The van der Waals surface area contributed by atoms with E-state index in [4.69, 9.17) is 21.0 Å². The Bertz CT molecular complexity index is 982. The number of benzene rings is 2. The Kier molecular flexibility index (Phi) is 7.04. The van der Waals surface area contributed by atoms with E-state index in [0.29, 0.717) is 25.2 Å². The van der Waals surface area contributed by atoms with Crippen LogP contribution in [0, 0.1) is 0 Å². The number of hydrogen-bond donors (Lipinski definition) is 2. The molecule has 0 saturated heterocycles. The minimum Gasteiger partial charge on any atom is -0.494 e. The lowest BCUT2D eigenvalue weighted by molar-refractivity contribution is -0.158. The van der Waals surface area contributed by atoms with Crippen LogP contribution < -0.4 is 16.2 Å². The molecule has 0 unspecified atom stereocenters. The minimum atomic E-state index is -0.720. The summed E-state index contributed by atoms with van der Waals surface area (Å²) in [6.45, 7) is 4.53. The van der Waals surface area contributed by atoms with Gasteiger partial charge in [-0.3, -0.25) is 9.63 Å². The Morgan fingerprint density at radius 3 is 2.45 bits per heavy atom. The predicted molar refractivity (Wildman–Crippen MR) is 121 cm³/mol. The van der Waals surface area contributed by atoms with E-state index in [0.717, 1.165) is 11.3 Å². The molecule has 2 aromatic rings. The van der Waals surface area contributed by atoms with Gasteiger partial charge in [0.2, 0.25) is 11.9 Å². The van der Waals surface area contributed by atoms with Gasteiger partial charge in [0.25, 0.3) is 0 Å². The molecule has 1 aliphatic heterocycles. The van der Waals surface area contributed by atoms with E-state index in [-0.39, 0.29) is 17.7 Å². The number of guanidine groups is 2. The van der Waals surface area contributed by atoms with Crippen LogP contribution in [0.25, 0.3) is 6.08 Å². The standard InChI is InChI=1S/C23H27N5O3/c1-23(2)27-21(24)26-22(25)28(23)31-16-6-15-30-19-12-9-17(10-13-19)11-14-20(29)18-7-4-3-5-8-18/h3-5,7-14H,6,15-16H2,1-2H3,(H4,24,25,26,27). The van der Waals surface area contributed by atoms with Crippen molar-refractivity contribution in [3.63, 3.8) is 0 Å². The molecule has 162 valence electrons. The van der Waals surface area contributed by atoms with Crippen molar-refractivity contribution >= 4 is 23.8 Å². The second kappa shape index (κ2) is 9.90. The maximum absolute atomic E-state index is 12.1.